The van der Waals surface area contributed by atoms with Crippen molar-refractivity contribution in [2.75, 3.05) is 39.4 Å². The lowest BCUT2D eigenvalue weighted by atomic mass is 9.95. The Kier molecular flexibility index (Phi) is 7.01. The molecule has 0 aliphatic heterocycles. The Morgan fingerprint density at radius 3 is 2.62 bits per heavy atom. The van der Waals surface area contributed by atoms with Crippen molar-refractivity contribution in [3.8, 4) is 0 Å². The van der Waals surface area contributed by atoms with Crippen molar-refractivity contribution in [1.82, 2.24) is 4.90 Å². The molecule has 1 saturated carbocycles. The summed E-state index contributed by atoms with van der Waals surface area (Å²) in [6, 6.07) is 0. The predicted molar refractivity (Wildman–Crippen MR) is 68.5 cm³/mol. The average molecular weight is 228 g/mol. The Bertz CT molecular complexity index is 175. The van der Waals surface area contributed by atoms with E-state index in [1.165, 1.54) is 25.8 Å². The first-order chi connectivity index (χ1) is 7.81. The second-order valence-electron chi connectivity index (χ2n) is 4.78. The van der Waals surface area contributed by atoms with Crippen LogP contribution in [0.15, 0.2) is 0 Å². The first-order valence-corrected chi connectivity index (χ1v) is 6.81. The molecule has 2 unspecified atom stereocenters. The molecule has 1 fully saturated rings. The Morgan fingerprint density at radius 2 is 2.00 bits per heavy atom. The van der Waals surface area contributed by atoms with Crippen molar-refractivity contribution < 1.29 is 4.74 Å². The van der Waals surface area contributed by atoms with E-state index in [4.69, 9.17) is 10.5 Å². The smallest absolute Gasteiger partial charge is 0.0593 e. The van der Waals surface area contributed by atoms with Gasteiger partial charge < -0.3 is 15.4 Å². The van der Waals surface area contributed by atoms with Gasteiger partial charge in [-0.3, -0.25) is 0 Å². The summed E-state index contributed by atoms with van der Waals surface area (Å²) in [6.07, 6.45) is 4.08. The molecule has 0 amide bonds. The average Bonchev–Trinajstić information content (AvgIpc) is 2.75. The lowest BCUT2D eigenvalue weighted by Crippen LogP contribution is -2.35. The van der Waals surface area contributed by atoms with Crippen LogP contribution in [0.2, 0.25) is 0 Å². The van der Waals surface area contributed by atoms with Crippen LogP contribution in [-0.4, -0.2) is 44.3 Å². The van der Waals surface area contributed by atoms with Crippen LogP contribution < -0.4 is 5.73 Å². The highest BCUT2D eigenvalue weighted by Gasteiger charge is 2.27. The lowest BCUT2D eigenvalue weighted by molar-refractivity contribution is 0.105. The summed E-state index contributed by atoms with van der Waals surface area (Å²) in [7, 11) is 0. The largest absolute Gasteiger partial charge is 0.380 e. The van der Waals surface area contributed by atoms with Crippen molar-refractivity contribution >= 4 is 0 Å². The maximum Gasteiger partial charge on any atom is 0.0593 e. The van der Waals surface area contributed by atoms with Gasteiger partial charge in [-0.05, 0) is 44.7 Å². The van der Waals surface area contributed by atoms with Crippen LogP contribution in [0.3, 0.4) is 0 Å². The summed E-state index contributed by atoms with van der Waals surface area (Å²) in [5.74, 6) is 1.59. The Labute approximate surface area is 100 Å². The third-order valence-corrected chi connectivity index (χ3v) is 3.82. The summed E-state index contributed by atoms with van der Waals surface area (Å²) in [4.78, 5) is 2.51. The van der Waals surface area contributed by atoms with Gasteiger partial charge in [-0.15, -0.1) is 0 Å². The fourth-order valence-corrected chi connectivity index (χ4v) is 2.71. The minimum Gasteiger partial charge on any atom is -0.380 e. The third kappa shape index (κ3) is 4.40. The van der Waals surface area contributed by atoms with Crippen LogP contribution in [0.1, 0.15) is 33.1 Å². The predicted octanol–water partition coefficient (Wildman–Crippen LogP) is 1.72. The molecule has 0 saturated heterocycles. The highest BCUT2D eigenvalue weighted by atomic mass is 16.5. The molecule has 96 valence electrons. The second-order valence-corrected chi connectivity index (χ2v) is 4.78. The van der Waals surface area contributed by atoms with E-state index in [1.54, 1.807) is 0 Å². The van der Waals surface area contributed by atoms with E-state index in [9.17, 15) is 0 Å². The van der Waals surface area contributed by atoms with E-state index < -0.39 is 0 Å². The molecule has 0 heterocycles. The maximum atomic E-state index is 5.82. The van der Waals surface area contributed by atoms with Crippen LogP contribution in [-0.2, 0) is 4.74 Å². The normalized spacial score (nSPS) is 25.5. The van der Waals surface area contributed by atoms with Gasteiger partial charge in [0.25, 0.3) is 0 Å². The molecule has 16 heavy (non-hydrogen) atoms. The summed E-state index contributed by atoms with van der Waals surface area (Å²) < 4.78 is 5.42. The van der Waals surface area contributed by atoms with Gasteiger partial charge in [0.05, 0.1) is 6.61 Å². The maximum absolute atomic E-state index is 5.82. The first-order valence-electron chi connectivity index (χ1n) is 6.81. The van der Waals surface area contributed by atoms with Crippen molar-refractivity contribution in [3.05, 3.63) is 0 Å². The molecule has 2 N–H and O–H groups in total. The van der Waals surface area contributed by atoms with Crippen LogP contribution in [0.4, 0.5) is 0 Å². The molecule has 1 aliphatic carbocycles. The number of nitrogens with zero attached hydrogens (tertiary/aromatic N) is 1. The van der Waals surface area contributed by atoms with E-state index in [-0.39, 0.29) is 0 Å². The summed E-state index contributed by atoms with van der Waals surface area (Å²) >= 11 is 0. The van der Waals surface area contributed by atoms with E-state index in [0.29, 0.717) is 0 Å². The minimum atomic E-state index is 0.765. The molecule has 0 spiro atoms. The number of rotatable bonds is 8. The molecule has 3 nitrogen and oxygen atoms in total. The summed E-state index contributed by atoms with van der Waals surface area (Å²) in [5.41, 5.74) is 5.82. The molecule has 0 radical (unpaired) electrons. The number of likely N-dealkylation sites (N-methyl/N-ethyl adjacent to an activating group) is 1. The molecular weight excluding hydrogens is 200 g/mol. The van der Waals surface area contributed by atoms with Crippen LogP contribution in [0, 0.1) is 11.8 Å². The van der Waals surface area contributed by atoms with Gasteiger partial charge in [-0.25, -0.2) is 0 Å². The topological polar surface area (TPSA) is 38.5 Å². The second kappa shape index (κ2) is 8.04. The van der Waals surface area contributed by atoms with Crippen LogP contribution in [0.5, 0.6) is 0 Å². The van der Waals surface area contributed by atoms with Crippen molar-refractivity contribution in [2.24, 2.45) is 17.6 Å². The Morgan fingerprint density at radius 1 is 1.25 bits per heavy atom. The number of hydrogen-bond donors (Lipinski definition) is 1. The number of ether oxygens (including phenoxy) is 1. The van der Waals surface area contributed by atoms with Gasteiger partial charge in [0, 0.05) is 19.7 Å². The molecule has 3 heteroatoms. The SMILES string of the molecule is CCOCCN(CC)CC1CCCC1CN. The molecular formula is C13H28N2O. The zero-order valence-corrected chi connectivity index (χ0v) is 11.0. The molecule has 0 aromatic heterocycles. The minimum absolute atomic E-state index is 0.765. The van der Waals surface area contributed by atoms with E-state index in [0.717, 1.165) is 44.7 Å². The molecule has 2 atom stereocenters. The molecule has 0 bridgehead atoms. The zero-order chi connectivity index (χ0) is 11.8. The fraction of sp³-hybridized carbons (Fsp3) is 1.00. The first kappa shape index (κ1) is 13.9. The summed E-state index contributed by atoms with van der Waals surface area (Å²) in [5, 5.41) is 0. The van der Waals surface area contributed by atoms with Gasteiger partial charge in [0.1, 0.15) is 0 Å². The molecule has 0 aromatic rings. The quantitative estimate of drug-likeness (QED) is 0.643. The monoisotopic (exact) mass is 228 g/mol. The van der Waals surface area contributed by atoms with Crippen molar-refractivity contribution in [2.45, 2.75) is 33.1 Å². The third-order valence-electron chi connectivity index (χ3n) is 3.82. The van der Waals surface area contributed by atoms with E-state index in [2.05, 4.69) is 18.7 Å². The number of nitrogens with two attached hydrogens (primary N) is 1. The van der Waals surface area contributed by atoms with E-state index in [1.807, 2.05) is 0 Å². The van der Waals surface area contributed by atoms with Gasteiger partial charge >= 0.3 is 0 Å². The highest BCUT2D eigenvalue weighted by molar-refractivity contribution is 4.80. The zero-order valence-electron chi connectivity index (χ0n) is 11.0. The van der Waals surface area contributed by atoms with Gasteiger partial charge in [0.15, 0.2) is 0 Å². The van der Waals surface area contributed by atoms with Gasteiger partial charge in [-0.2, -0.15) is 0 Å². The standard InChI is InChI=1S/C13H28N2O/c1-3-15(8-9-16-4-2)11-13-7-5-6-12(13)10-14/h12-13H,3-11,14H2,1-2H3. The van der Waals surface area contributed by atoms with Crippen LogP contribution in [0.25, 0.3) is 0 Å². The highest BCUT2D eigenvalue weighted by Crippen LogP contribution is 2.31. The van der Waals surface area contributed by atoms with Crippen molar-refractivity contribution in [3.63, 3.8) is 0 Å². The van der Waals surface area contributed by atoms with E-state index >= 15 is 0 Å². The van der Waals surface area contributed by atoms with Crippen molar-refractivity contribution in [1.29, 1.82) is 0 Å². The van der Waals surface area contributed by atoms with Gasteiger partial charge in [0.2, 0.25) is 0 Å². The molecule has 0 aromatic carbocycles. The van der Waals surface area contributed by atoms with Gasteiger partial charge in [-0.1, -0.05) is 13.3 Å². The Hall–Kier alpha value is -0.120. The fourth-order valence-electron chi connectivity index (χ4n) is 2.71. The summed E-state index contributed by atoms with van der Waals surface area (Å²) in [6.45, 7) is 10.3. The molecule has 1 aliphatic rings. The molecule has 1 rings (SSSR count). The Balaban J connectivity index is 2.25. The lowest BCUT2D eigenvalue weighted by Gasteiger charge is -2.27. The van der Waals surface area contributed by atoms with Crippen LogP contribution >= 0.6 is 0 Å². The number of hydrogen-bond acceptors (Lipinski definition) is 3.